The number of rotatable bonds is 4. The van der Waals surface area contributed by atoms with Crippen LogP contribution in [0.4, 0.5) is 0 Å². The van der Waals surface area contributed by atoms with E-state index in [1.807, 2.05) is 0 Å². The van der Waals surface area contributed by atoms with Crippen molar-refractivity contribution in [2.45, 2.75) is 51.9 Å². The second kappa shape index (κ2) is 5.38. The summed E-state index contributed by atoms with van der Waals surface area (Å²) >= 11 is 0. The smallest absolute Gasteiger partial charge is 0.310 e. The molecule has 1 aliphatic carbocycles. The lowest BCUT2D eigenvalue weighted by atomic mass is 9.78. The number of likely N-dealkylation sites (tertiary alicyclic amines) is 1. The Labute approximate surface area is 104 Å². The summed E-state index contributed by atoms with van der Waals surface area (Å²) in [4.78, 5) is 14.0. The first-order chi connectivity index (χ1) is 8.16. The Kier molecular flexibility index (Phi) is 4.08. The molecule has 1 saturated carbocycles. The van der Waals surface area contributed by atoms with E-state index in [1.54, 1.807) is 0 Å². The van der Waals surface area contributed by atoms with E-state index < -0.39 is 11.4 Å². The molecule has 0 atom stereocenters. The Morgan fingerprint density at radius 1 is 1.24 bits per heavy atom. The van der Waals surface area contributed by atoms with E-state index in [1.165, 1.54) is 19.3 Å². The van der Waals surface area contributed by atoms with E-state index in [0.717, 1.165) is 51.2 Å². The van der Waals surface area contributed by atoms with Gasteiger partial charge in [0.1, 0.15) is 0 Å². The summed E-state index contributed by atoms with van der Waals surface area (Å²) in [5.74, 6) is 0.256. The standard InChI is InChI=1S/C14H25NO2/c1-2-12-9-15(10-12)11-14(13(16)17)7-5-3-4-6-8-14/h12H,2-11H2,1H3,(H,16,17). The molecule has 1 heterocycles. The number of carboxylic acids is 1. The molecule has 0 aromatic carbocycles. The summed E-state index contributed by atoms with van der Waals surface area (Å²) in [6, 6.07) is 0. The monoisotopic (exact) mass is 239 g/mol. The van der Waals surface area contributed by atoms with E-state index in [2.05, 4.69) is 11.8 Å². The molecule has 1 aliphatic heterocycles. The maximum atomic E-state index is 11.6. The first kappa shape index (κ1) is 12.9. The highest BCUT2D eigenvalue weighted by Crippen LogP contribution is 2.37. The third kappa shape index (κ3) is 2.82. The van der Waals surface area contributed by atoms with Gasteiger partial charge in [-0.3, -0.25) is 4.79 Å². The molecule has 0 aromatic heterocycles. The number of carbonyl (C=O) groups is 1. The van der Waals surface area contributed by atoms with Crippen molar-refractivity contribution in [3.8, 4) is 0 Å². The van der Waals surface area contributed by atoms with Crippen LogP contribution in [-0.2, 0) is 4.79 Å². The predicted octanol–water partition coefficient (Wildman–Crippen LogP) is 2.75. The molecule has 17 heavy (non-hydrogen) atoms. The van der Waals surface area contributed by atoms with Gasteiger partial charge in [0.2, 0.25) is 0 Å². The highest BCUT2D eigenvalue weighted by atomic mass is 16.4. The fraction of sp³-hybridized carbons (Fsp3) is 0.929. The molecule has 2 rings (SSSR count). The Hall–Kier alpha value is -0.570. The highest BCUT2D eigenvalue weighted by Gasteiger charge is 2.42. The third-order valence-electron chi connectivity index (χ3n) is 4.65. The zero-order valence-electron chi connectivity index (χ0n) is 11.0. The molecule has 0 radical (unpaired) electrons. The number of nitrogens with zero attached hydrogens (tertiary/aromatic N) is 1. The van der Waals surface area contributed by atoms with E-state index in [-0.39, 0.29) is 0 Å². The zero-order chi connectivity index (χ0) is 12.3. The van der Waals surface area contributed by atoms with Crippen molar-refractivity contribution in [1.82, 2.24) is 4.90 Å². The topological polar surface area (TPSA) is 40.5 Å². The fourth-order valence-electron chi connectivity index (χ4n) is 3.34. The SMILES string of the molecule is CCC1CN(CC2(C(=O)O)CCCCCC2)C1. The molecule has 0 aromatic rings. The third-order valence-corrected chi connectivity index (χ3v) is 4.65. The summed E-state index contributed by atoms with van der Waals surface area (Å²) in [6.07, 6.45) is 7.62. The lowest BCUT2D eigenvalue weighted by Crippen LogP contribution is -2.53. The van der Waals surface area contributed by atoms with Crippen molar-refractivity contribution >= 4 is 5.97 Å². The van der Waals surface area contributed by atoms with Crippen LogP contribution in [0.2, 0.25) is 0 Å². The van der Waals surface area contributed by atoms with Crippen molar-refractivity contribution in [1.29, 1.82) is 0 Å². The van der Waals surface area contributed by atoms with Crippen molar-refractivity contribution in [2.75, 3.05) is 19.6 Å². The Morgan fingerprint density at radius 3 is 2.29 bits per heavy atom. The molecule has 98 valence electrons. The Morgan fingerprint density at radius 2 is 1.82 bits per heavy atom. The van der Waals surface area contributed by atoms with Crippen LogP contribution in [-0.4, -0.2) is 35.6 Å². The first-order valence-corrected chi connectivity index (χ1v) is 7.12. The summed E-state index contributed by atoms with van der Waals surface area (Å²) in [6.45, 7) is 5.25. The largest absolute Gasteiger partial charge is 0.481 e. The van der Waals surface area contributed by atoms with Crippen LogP contribution < -0.4 is 0 Å². The molecule has 3 nitrogen and oxygen atoms in total. The summed E-state index contributed by atoms with van der Waals surface area (Å²) in [5, 5.41) is 9.58. The van der Waals surface area contributed by atoms with Gasteiger partial charge in [0.25, 0.3) is 0 Å². The average Bonchev–Trinajstić information content (AvgIpc) is 2.49. The van der Waals surface area contributed by atoms with Crippen molar-refractivity contribution in [3.63, 3.8) is 0 Å². The maximum Gasteiger partial charge on any atom is 0.310 e. The number of hydrogen-bond acceptors (Lipinski definition) is 2. The Balaban J connectivity index is 1.94. The second-order valence-electron chi connectivity index (χ2n) is 5.97. The molecule has 2 fully saturated rings. The van der Waals surface area contributed by atoms with E-state index >= 15 is 0 Å². The van der Waals surface area contributed by atoms with Gasteiger partial charge in [0.05, 0.1) is 5.41 Å². The van der Waals surface area contributed by atoms with Gasteiger partial charge in [-0.1, -0.05) is 39.0 Å². The summed E-state index contributed by atoms with van der Waals surface area (Å²) < 4.78 is 0. The second-order valence-corrected chi connectivity index (χ2v) is 5.97. The van der Waals surface area contributed by atoms with Gasteiger partial charge < -0.3 is 10.0 Å². The van der Waals surface area contributed by atoms with Crippen LogP contribution in [0.15, 0.2) is 0 Å². The van der Waals surface area contributed by atoms with Crippen LogP contribution in [0.3, 0.4) is 0 Å². The average molecular weight is 239 g/mol. The predicted molar refractivity (Wildman–Crippen MR) is 68.0 cm³/mol. The van der Waals surface area contributed by atoms with E-state index in [0.29, 0.717) is 0 Å². The summed E-state index contributed by atoms with van der Waals surface area (Å²) in [7, 11) is 0. The number of aliphatic carboxylic acids is 1. The van der Waals surface area contributed by atoms with Gasteiger partial charge in [-0.25, -0.2) is 0 Å². The first-order valence-electron chi connectivity index (χ1n) is 7.12. The van der Waals surface area contributed by atoms with Crippen molar-refractivity contribution < 1.29 is 9.90 Å². The molecule has 0 unspecified atom stereocenters. The molecule has 2 aliphatic rings. The Bertz CT molecular complexity index is 263. The van der Waals surface area contributed by atoms with Gasteiger partial charge in [0.15, 0.2) is 0 Å². The fourth-order valence-corrected chi connectivity index (χ4v) is 3.34. The number of carboxylic acid groups (broad SMARTS) is 1. The molecular formula is C14H25NO2. The summed E-state index contributed by atoms with van der Waals surface area (Å²) in [5.41, 5.74) is -0.435. The lowest BCUT2D eigenvalue weighted by molar-refractivity contribution is -0.152. The van der Waals surface area contributed by atoms with Crippen LogP contribution in [0.1, 0.15) is 51.9 Å². The van der Waals surface area contributed by atoms with E-state index in [4.69, 9.17) is 0 Å². The minimum Gasteiger partial charge on any atom is -0.481 e. The van der Waals surface area contributed by atoms with Gasteiger partial charge in [-0.15, -0.1) is 0 Å². The molecule has 0 spiro atoms. The molecule has 0 amide bonds. The zero-order valence-corrected chi connectivity index (χ0v) is 11.0. The van der Waals surface area contributed by atoms with Crippen LogP contribution in [0.25, 0.3) is 0 Å². The quantitative estimate of drug-likeness (QED) is 0.767. The highest BCUT2D eigenvalue weighted by molar-refractivity contribution is 5.75. The van der Waals surface area contributed by atoms with Crippen molar-refractivity contribution in [2.24, 2.45) is 11.3 Å². The van der Waals surface area contributed by atoms with Gasteiger partial charge in [0, 0.05) is 19.6 Å². The molecule has 0 bridgehead atoms. The normalized spacial score (nSPS) is 26.2. The van der Waals surface area contributed by atoms with Gasteiger partial charge in [-0.2, -0.15) is 0 Å². The van der Waals surface area contributed by atoms with Gasteiger partial charge >= 0.3 is 5.97 Å². The van der Waals surface area contributed by atoms with Crippen molar-refractivity contribution in [3.05, 3.63) is 0 Å². The molecular weight excluding hydrogens is 214 g/mol. The van der Waals surface area contributed by atoms with Gasteiger partial charge in [-0.05, 0) is 18.8 Å². The molecule has 1 N–H and O–H groups in total. The lowest BCUT2D eigenvalue weighted by Gasteiger charge is -2.44. The van der Waals surface area contributed by atoms with Crippen LogP contribution in [0, 0.1) is 11.3 Å². The minimum atomic E-state index is -0.556. The van der Waals surface area contributed by atoms with Crippen LogP contribution in [0.5, 0.6) is 0 Å². The van der Waals surface area contributed by atoms with E-state index in [9.17, 15) is 9.90 Å². The molecule has 1 saturated heterocycles. The molecule has 3 heteroatoms. The van der Waals surface area contributed by atoms with Crippen LogP contribution >= 0.6 is 0 Å². The number of hydrogen-bond donors (Lipinski definition) is 1. The maximum absolute atomic E-state index is 11.6. The minimum absolute atomic E-state index is 0.435.